The molecular weight excluding hydrogens is 340 g/mol. The maximum absolute atomic E-state index is 12.4. The van der Waals surface area contributed by atoms with E-state index in [1.54, 1.807) is 18.2 Å². The van der Waals surface area contributed by atoms with Crippen LogP contribution in [0.15, 0.2) is 53.0 Å². The third-order valence-corrected chi connectivity index (χ3v) is 3.63. The molecule has 112 valence electrons. The molecule has 0 fully saturated rings. The third kappa shape index (κ3) is 4.79. The quantitative estimate of drug-likeness (QED) is 0.795. The fraction of sp³-hybridized carbons (Fsp3) is 0.250. The lowest BCUT2D eigenvalue weighted by atomic mass is 10.1. The van der Waals surface area contributed by atoms with Crippen LogP contribution >= 0.6 is 15.9 Å². The van der Waals surface area contributed by atoms with Crippen molar-refractivity contribution in [1.82, 2.24) is 5.32 Å². The Hall–Kier alpha value is -1.46. The summed E-state index contributed by atoms with van der Waals surface area (Å²) < 4.78 is 30.2. The topological polar surface area (TPSA) is 21.3 Å². The van der Waals surface area contributed by atoms with Gasteiger partial charge in [0.1, 0.15) is 5.75 Å². The molecule has 0 amide bonds. The van der Waals surface area contributed by atoms with Crippen LogP contribution in [0.5, 0.6) is 5.75 Å². The number of nitrogens with one attached hydrogen (secondary N) is 1. The van der Waals surface area contributed by atoms with Crippen LogP contribution in [0.3, 0.4) is 0 Å². The van der Waals surface area contributed by atoms with Crippen molar-refractivity contribution < 1.29 is 13.5 Å². The largest absolute Gasteiger partial charge is 0.434 e. The molecule has 0 aliphatic rings. The molecule has 5 heteroatoms. The highest BCUT2D eigenvalue weighted by Crippen LogP contribution is 2.25. The highest BCUT2D eigenvalue weighted by atomic mass is 79.9. The second-order valence-corrected chi connectivity index (χ2v) is 5.56. The molecule has 21 heavy (non-hydrogen) atoms. The summed E-state index contributed by atoms with van der Waals surface area (Å²) in [5.41, 5.74) is 1.83. The van der Waals surface area contributed by atoms with Gasteiger partial charge in [0.25, 0.3) is 0 Å². The van der Waals surface area contributed by atoms with Gasteiger partial charge in [-0.15, -0.1) is 0 Å². The highest BCUT2D eigenvalue weighted by Gasteiger charge is 2.11. The van der Waals surface area contributed by atoms with Crippen LogP contribution in [-0.2, 0) is 6.54 Å². The van der Waals surface area contributed by atoms with Gasteiger partial charge in [-0.05, 0) is 30.7 Å². The predicted octanol–water partition coefficient (Wildman–Crippen LogP) is 4.90. The number of benzene rings is 2. The fourth-order valence-electron chi connectivity index (χ4n) is 2.02. The van der Waals surface area contributed by atoms with Crippen molar-refractivity contribution in [2.75, 3.05) is 0 Å². The minimum absolute atomic E-state index is 0.115. The summed E-state index contributed by atoms with van der Waals surface area (Å²) in [6.45, 7) is -0.352. The predicted molar refractivity (Wildman–Crippen MR) is 82.5 cm³/mol. The lowest BCUT2D eigenvalue weighted by Gasteiger charge is -2.16. The molecule has 0 heterocycles. The van der Waals surface area contributed by atoms with Crippen molar-refractivity contribution >= 4 is 15.9 Å². The fourth-order valence-corrected chi connectivity index (χ4v) is 2.43. The van der Waals surface area contributed by atoms with E-state index in [-0.39, 0.29) is 11.8 Å². The molecule has 0 aliphatic carbocycles. The van der Waals surface area contributed by atoms with Crippen LogP contribution in [-0.4, -0.2) is 6.61 Å². The van der Waals surface area contributed by atoms with Gasteiger partial charge in [-0.25, -0.2) is 0 Å². The number of halogens is 3. The summed E-state index contributed by atoms with van der Waals surface area (Å²) in [5.74, 6) is 0.195. The van der Waals surface area contributed by atoms with Crippen LogP contribution in [0.2, 0.25) is 0 Å². The molecule has 0 bridgehead atoms. The number of hydrogen-bond acceptors (Lipinski definition) is 2. The number of rotatable bonds is 6. The first-order valence-corrected chi connectivity index (χ1v) is 7.37. The van der Waals surface area contributed by atoms with Crippen LogP contribution in [0.25, 0.3) is 0 Å². The molecule has 1 N–H and O–H groups in total. The van der Waals surface area contributed by atoms with Gasteiger partial charge in [-0.1, -0.05) is 46.3 Å². The van der Waals surface area contributed by atoms with E-state index < -0.39 is 6.61 Å². The number of ether oxygens (including phenoxy) is 1. The van der Waals surface area contributed by atoms with E-state index in [1.165, 1.54) is 0 Å². The van der Waals surface area contributed by atoms with Crippen LogP contribution in [0.4, 0.5) is 8.78 Å². The van der Waals surface area contributed by atoms with Crippen molar-refractivity contribution in [3.05, 3.63) is 64.1 Å². The van der Waals surface area contributed by atoms with Crippen molar-refractivity contribution in [1.29, 1.82) is 0 Å². The molecule has 0 saturated heterocycles. The molecule has 0 spiro atoms. The number of alkyl halides is 2. The van der Waals surface area contributed by atoms with Crippen LogP contribution in [0.1, 0.15) is 24.1 Å². The highest BCUT2D eigenvalue weighted by molar-refractivity contribution is 9.10. The lowest BCUT2D eigenvalue weighted by molar-refractivity contribution is -0.0505. The molecule has 0 unspecified atom stereocenters. The summed E-state index contributed by atoms with van der Waals surface area (Å²) >= 11 is 3.34. The normalized spacial score (nSPS) is 12.4. The molecule has 0 radical (unpaired) electrons. The van der Waals surface area contributed by atoms with Gasteiger partial charge in [0.2, 0.25) is 0 Å². The first kappa shape index (κ1) is 15.9. The molecule has 0 aromatic heterocycles. The second-order valence-electron chi connectivity index (χ2n) is 4.64. The zero-order chi connectivity index (χ0) is 15.2. The third-order valence-electron chi connectivity index (χ3n) is 3.14. The maximum atomic E-state index is 12.4. The first-order valence-electron chi connectivity index (χ1n) is 6.58. The SMILES string of the molecule is C[C@H](NCc1cc(Br)ccc1OC(F)F)c1ccccc1. The van der Waals surface area contributed by atoms with Gasteiger partial charge in [0.05, 0.1) is 0 Å². The molecule has 2 nitrogen and oxygen atoms in total. The molecule has 2 aromatic rings. The lowest BCUT2D eigenvalue weighted by Crippen LogP contribution is -2.19. The van der Waals surface area contributed by atoms with E-state index in [0.29, 0.717) is 12.1 Å². The van der Waals surface area contributed by atoms with E-state index in [0.717, 1.165) is 10.0 Å². The summed E-state index contributed by atoms with van der Waals surface area (Å²) in [6.07, 6.45) is 0. The zero-order valence-corrected chi connectivity index (χ0v) is 13.1. The van der Waals surface area contributed by atoms with E-state index in [2.05, 4.69) is 26.0 Å². The maximum Gasteiger partial charge on any atom is 0.387 e. The Morgan fingerprint density at radius 1 is 1.14 bits per heavy atom. The van der Waals surface area contributed by atoms with E-state index in [9.17, 15) is 8.78 Å². The molecule has 0 aliphatic heterocycles. The van der Waals surface area contributed by atoms with Gasteiger partial charge in [-0.2, -0.15) is 8.78 Å². The minimum atomic E-state index is -2.82. The molecular formula is C16H16BrF2NO. The van der Waals surface area contributed by atoms with Crippen LogP contribution < -0.4 is 10.1 Å². The van der Waals surface area contributed by atoms with Gasteiger partial charge in [0.15, 0.2) is 0 Å². The average molecular weight is 356 g/mol. The summed E-state index contributed by atoms with van der Waals surface area (Å²) in [5, 5.41) is 3.31. The van der Waals surface area contributed by atoms with Gasteiger partial charge in [-0.3, -0.25) is 0 Å². The zero-order valence-electron chi connectivity index (χ0n) is 11.5. The Labute approximate surface area is 131 Å². The average Bonchev–Trinajstić information content (AvgIpc) is 2.47. The second kappa shape index (κ2) is 7.52. The Morgan fingerprint density at radius 3 is 2.52 bits per heavy atom. The Morgan fingerprint density at radius 2 is 1.86 bits per heavy atom. The molecule has 2 rings (SSSR count). The first-order chi connectivity index (χ1) is 10.1. The van der Waals surface area contributed by atoms with E-state index in [4.69, 9.17) is 0 Å². The smallest absolute Gasteiger partial charge is 0.387 e. The number of hydrogen-bond donors (Lipinski definition) is 1. The summed E-state index contributed by atoms with van der Waals surface area (Å²) in [4.78, 5) is 0. The molecule has 1 atom stereocenters. The van der Waals surface area contributed by atoms with Gasteiger partial charge < -0.3 is 10.1 Å². The van der Waals surface area contributed by atoms with Crippen molar-refractivity contribution in [2.45, 2.75) is 26.1 Å². The van der Waals surface area contributed by atoms with Gasteiger partial charge >= 0.3 is 6.61 Å². The van der Waals surface area contributed by atoms with E-state index in [1.807, 2.05) is 37.3 Å². The van der Waals surface area contributed by atoms with Crippen molar-refractivity contribution in [3.8, 4) is 5.75 Å². The van der Waals surface area contributed by atoms with Gasteiger partial charge in [0, 0.05) is 22.6 Å². The summed E-state index contributed by atoms with van der Waals surface area (Å²) in [7, 11) is 0. The Kier molecular flexibility index (Phi) is 5.70. The minimum Gasteiger partial charge on any atom is -0.434 e. The Bertz CT molecular complexity index is 578. The van der Waals surface area contributed by atoms with Crippen LogP contribution in [0, 0.1) is 0 Å². The standard InChI is InChI=1S/C16H16BrF2NO/c1-11(12-5-3-2-4-6-12)20-10-13-9-14(17)7-8-15(13)21-16(18)19/h2-9,11,16,20H,10H2,1H3/t11-/m0/s1. The molecule has 2 aromatic carbocycles. The van der Waals surface area contributed by atoms with Crippen molar-refractivity contribution in [2.24, 2.45) is 0 Å². The monoisotopic (exact) mass is 355 g/mol. The summed E-state index contributed by atoms with van der Waals surface area (Å²) in [6, 6.07) is 15.1. The van der Waals surface area contributed by atoms with Crippen molar-refractivity contribution in [3.63, 3.8) is 0 Å². The Balaban J connectivity index is 2.07. The molecule has 0 saturated carbocycles. The van der Waals surface area contributed by atoms with E-state index >= 15 is 0 Å².